The van der Waals surface area contributed by atoms with Gasteiger partial charge in [-0.2, -0.15) is 24.4 Å². The van der Waals surface area contributed by atoms with Crippen LogP contribution in [0.15, 0.2) is 0 Å². The third-order valence-corrected chi connectivity index (χ3v) is 3.40. The predicted molar refractivity (Wildman–Crippen MR) is 65.6 cm³/mol. The maximum Gasteiger partial charge on any atom is 0.327 e. The van der Waals surface area contributed by atoms with Crippen LogP contribution in [0, 0.1) is 5.41 Å². The van der Waals surface area contributed by atoms with Gasteiger partial charge in [0, 0.05) is 11.5 Å². The quantitative estimate of drug-likeness (QED) is 0.613. The summed E-state index contributed by atoms with van der Waals surface area (Å²) in [7, 11) is 0. The standard InChI is InChI=1S/C9H17NO3S2/c1-9(2,5-14)8(13)10-6(4-15-3)7(11)12/h6,14H,4-5H2,1-3H3,(H,10,13)(H,11,12)/t6-/m0/s1. The van der Waals surface area contributed by atoms with Crippen molar-refractivity contribution in [3.05, 3.63) is 0 Å². The van der Waals surface area contributed by atoms with Crippen LogP contribution in [0.3, 0.4) is 0 Å². The Morgan fingerprint density at radius 3 is 2.40 bits per heavy atom. The molecule has 0 saturated heterocycles. The summed E-state index contributed by atoms with van der Waals surface area (Å²) in [6, 6.07) is -0.827. The number of hydrogen-bond acceptors (Lipinski definition) is 4. The van der Waals surface area contributed by atoms with E-state index in [4.69, 9.17) is 5.11 Å². The highest BCUT2D eigenvalue weighted by molar-refractivity contribution is 7.98. The summed E-state index contributed by atoms with van der Waals surface area (Å²) in [4.78, 5) is 22.4. The Balaban J connectivity index is 4.41. The minimum absolute atomic E-state index is 0.279. The Kier molecular flexibility index (Phi) is 6.12. The van der Waals surface area contributed by atoms with Gasteiger partial charge < -0.3 is 10.4 Å². The lowest BCUT2D eigenvalue weighted by atomic mass is 9.95. The number of carbonyl (C=O) groups excluding carboxylic acids is 1. The molecular formula is C9H17NO3S2. The van der Waals surface area contributed by atoms with Gasteiger partial charge in [-0.1, -0.05) is 13.8 Å². The van der Waals surface area contributed by atoms with Crippen molar-refractivity contribution in [1.29, 1.82) is 0 Å². The summed E-state index contributed by atoms with van der Waals surface area (Å²) in [5, 5.41) is 11.3. The molecule has 0 aromatic carbocycles. The van der Waals surface area contributed by atoms with Crippen molar-refractivity contribution in [3.8, 4) is 0 Å². The molecule has 15 heavy (non-hydrogen) atoms. The Labute approximate surface area is 99.6 Å². The van der Waals surface area contributed by atoms with Gasteiger partial charge in [0.2, 0.25) is 5.91 Å². The second-order valence-corrected chi connectivity index (χ2v) is 5.09. The molecule has 0 aromatic heterocycles. The number of carboxylic acids is 1. The van der Waals surface area contributed by atoms with Crippen LogP contribution in [0.2, 0.25) is 0 Å². The molecule has 0 unspecified atom stereocenters. The van der Waals surface area contributed by atoms with E-state index in [1.807, 2.05) is 0 Å². The molecule has 1 amide bonds. The van der Waals surface area contributed by atoms with Crippen LogP contribution in [0.4, 0.5) is 0 Å². The molecule has 0 bridgehead atoms. The van der Waals surface area contributed by atoms with E-state index < -0.39 is 17.4 Å². The van der Waals surface area contributed by atoms with E-state index in [0.29, 0.717) is 11.5 Å². The fraction of sp³-hybridized carbons (Fsp3) is 0.778. The second-order valence-electron chi connectivity index (χ2n) is 3.86. The maximum atomic E-state index is 11.7. The van der Waals surface area contributed by atoms with Crippen molar-refractivity contribution in [1.82, 2.24) is 5.32 Å². The van der Waals surface area contributed by atoms with Crippen molar-refractivity contribution < 1.29 is 14.7 Å². The van der Waals surface area contributed by atoms with E-state index in [1.165, 1.54) is 11.8 Å². The number of amides is 1. The third kappa shape index (κ3) is 4.79. The normalized spacial score (nSPS) is 13.3. The van der Waals surface area contributed by atoms with Gasteiger partial charge in [0.05, 0.1) is 5.41 Å². The molecular weight excluding hydrogens is 234 g/mol. The minimum atomic E-state index is -1.01. The summed E-state index contributed by atoms with van der Waals surface area (Å²) in [5.41, 5.74) is -0.644. The van der Waals surface area contributed by atoms with Crippen LogP contribution in [-0.2, 0) is 9.59 Å². The highest BCUT2D eigenvalue weighted by Crippen LogP contribution is 2.17. The summed E-state index contributed by atoms with van der Waals surface area (Å²) < 4.78 is 0. The van der Waals surface area contributed by atoms with Crippen LogP contribution < -0.4 is 5.32 Å². The first-order valence-corrected chi connectivity index (χ1v) is 6.51. The Morgan fingerprint density at radius 2 is 2.07 bits per heavy atom. The average molecular weight is 251 g/mol. The molecule has 0 saturated carbocycles. The second kappa shape index (κ2) is 6.27. The highest BCUT2D eigenvalue weighted by Gasteiger charge is 2.29. The van der Waals surface area contributed by atoms with Crippen LogP contribution in [-0.4, -0.2) is 40.8 Å². The molecule has 0 aliphatic heterocycles. The molecule has 88 valence electrons. The molecule has 0 heterocycles. The molecule has 0 aliphatic carbocycles. The maximum absolute atomic E-state index is 11.7. The smallest absolute Gasteiger partial charge is 0.327 e. The summed E-state index contributed by atoms with van der Waals surface area (Å²) in [5.74, 6) is -0.541. The summed E-state index contributed by atoms with van der Waals surface area (Å²) in [6.45, 7) is 3.46. The van der Waals surface area contributed by atoms with Crippen LogP contribution in [0.5, 0.6) is 0 Å². The van der Waals surface area contributed by atoms with Crippen molar-refractivity contribution >= 4 is 36.3 Å². The van der Waals surface area contributed by atoms with Gasteiger partial charge in [-0.25, -0.2) is 4.79 Å². The van der Waals surface area contributed by atoms with E-state index in [2.05, 4.69) is 17.9 Å². The van der Waals surface area contributed by atoms with Crippen LogP contribution in [0.1, 0.15) is 13.8 Å². The number of carbonyl (C=O) groups is 2. The van der Waals surface area contributed by atoms with Gasteiger partial charge >= 0.3 is 5.97 Å². The lowest BCUT2D eigenvalue weighted by Gasteiger charge is -2.23. The third-order valence-electron chi connectivity index (χ3n) is 1.95. The fourth-order valence-electron chi connectivity index (χ4n) is 0.767. The molecule has 0 radical (unpaired) electrons. The number of rotatable bonds is 6. The predicted octanol–water partition coefficient (Wildman–Crippen LogP) is 0.875. The Hall–Kier alpha value is -0.360. The number of hydrogen-bond donors (Lipinski definition) is 3. The minimum Gasteiger partial charge on any atom is -0.480 e. The Bertz CT molecular complexity index is 244. The van der Waals surface area contributed by atoms with Gasteiger partial charge in [0.15, 0.2) is 0 Å². The number of carboxylic acid groups (broad SMARTS) is 1. The molecule has 1 atom stereocenters. The molecule has 0 aliphatic rings. The number of nitrogens with one attached hydrogen (secondary N) is 1. The van der Waals surface area contributed by atoms with Gasteiger partial charge in [-0.3, -0.25) is 4.79 Å². The van der Waals surface area contributed by atoms with Crippen molar-refractivity contribution in [3.63, 3.8) is 0 Å². The van der Waals surface area contributed by atoms with Crippen molar-refractivity contribution in [2.45, 2.75) is 19.9 Å². The van der Waals surface area contributed by atoms with Crippen LogP contribution >= 0.6 is 24.4 Å². The van der Waals surface area contributed by atoms with E-state index in [1.54, 1.807) is 20.1 Å². The molecule has 0 rings (SSSR count). The molecule has 0 aromatic rings. The first-order valence-electron chi connectivity index (χ1n) is 4.48. The van der Waals surface area contributed by atoms with Crippen molar-refractivity contribution in [2.24, 2.45) is 5.41 Å². The number of thioether (sulfide) groups is 1. The monoisotopic (exact) mass is 251 g/mol. The van der Waals surface area contributed by atoms with E-state index in [-0.39, 0.29) is 5.91 Å². The molecule has 2 N–H and O–H groups in total. The first kappa shape index (κ1) is 14.6. The number of thiol groups is 1. The first-order chi connectivity index (χ1) is 6.85. The van der Waals surface area contributed by atoms with E-state index >= 15 is 0 Å². The van der Waals surface area contributed by atoms with E-state index in [0.717, 1.165) is 0 Å². The molecule has 0 fully saturated rings. The average Bonchev–Trinajstić information content (AvgIpc) is 2.16. The zero-order valence-electron chi connectivity index (χ0n) is 9.11. The highest BCUT2D eigenvalue weighted by atomic mass is 32.2. The van der Waals surface area contributed by atoms with Crippen LogP contribution in [0.25, 0.3) is 0 Å². The Morgan fingerprint density at radius 1 is 1.53 bits per heavy atom. The zero-order chi connectivity index (χ0) is 12.1. The number of aliphatic carboxylic acids is 1. The SMILES string of the molecule is CSC[C@H](NC(=O)C(C)(C)CS)C(=O)O. The molecule has 4 nitrogen and oxygen atoms in total. The zero-order valence-corrected chi connectivity index (χ0v) is 10.8. The van der Waals surface area contributed by atoms with Gasteiger partial charge in [0.1, 0.15) is 6.04 Å². The van der Waals surface area contributed by atoms with Gasteiger partial charge in [-0.15, -0.1) is 0 Å². The lowest BCUT2D eigenvalue weighted by molar-refractivity contribution is -0.142. The topological polar surface area (TPSA) is 66.4 Å². The largest absolute Gasteiger partial charge is 0.480 e. The summed E-state index contributed by atoms with van der Waals surface area (Å²) >= 11 is 5.44. The lowest BCUT2D eigenvalue weighted by Crippen LogP contribution is -2.48. The van der Waals surface area contributed by atoms with Gasteiger partial charge in [0.25, 0.3) is 0 Å². The van der Waals surface area contributed by atoms with Gasteiger partial charge in [-0.05, 0) is 6.26 Å². The van der Waals surface area contributed by atoms with E-state index in [9.17, 15) is 9.59 Å². The molecule has 6 heteroatoms. The fourth-order valence-corrected chi connectivity index (χ4v) is 1.47. The molecule has 0 spiro atoms. The summed E-state index contributed by atoms with van der Waals surface area (Å²) in [6.07, 6.45) is 1.80. The van der Waals surface area contributed by atoms with Crippen molar-refractivity contribution in [2.75, 3.05) is 17.8 Å².